The Labute approximate surface area is 93.5 Å². The monoisotopic (exact) mass is 205 g/mol. The summed E-state index contributed by atoms with van der Waals surface area (Å²) in [4.78, 5) is 0. The molecule has 1 radical (unpaired) electrons. The Kier molecular flexibility index (Phi) is 6.93. The van der Waals surface area contributed by atoms with Gasteiger partial charge in [0.05, 0.1) is 6.61 Å². The third kappa shape index (κ3) is 6.29. The first-order valence-electron chi connectivity index (χ1n) is 5.96. The van der Waals surface area contributed by atoms with Crippen LogP contribution in [0.2, 0.25) is 0 Å². The van der Waals surface area contributed by atoms with Crippen molar-refractivity contribution in [2.45, 2.75) is 45.6 Å². The van der Waals surface area contributed by atoms with Crippen molar-refractivity contribution in [2.75, 3.05) is 6.61 Å². The Morgan fingerprint density at radius 3 is 2.53 bits per heavy atom. The van der Waals surface area contributed by atoms with Crippen LogP contribution in [0.5, 0.6) is 0 Å². The second-order valence-electron chi connectivity index (χ2n) is 3.88. The minimum Gasteiger partial charge on any atom is -0.377 e. The van der Waals surface area contributed by atoms with Crippen LogP contribution in [0.25, 0.3) is 0 Å². The van der Waals surface area contributed by atoms with E-state index in [1.807, 2.05) is 12.1 Å². The van der Waals surface area contributed by atoms with E-state index in [1.54, 1.807) is 0 Å². The highest BCUT2D eigenvalue weighted by Gasteiger charge is 1.92. The Morgan fingerprint density at radius 2 is 1.80 bits per heavy atom. The van der Waals surface area contributed by atoms with Crippen LogP contribution in [-0.2, 0) is 11.3 Å². The molecule has 0 saturated heterocycles. The smallest absolute Gasteiger partial charge is 0.0716 e. The lowest BCUT2D eigenvalue weighted by atomic mass is 10.2. The number of unbranched alkanes of at least 4 members (excludes halogenated alkanes) is 4. The van der Waals surface area contributed by atoms with Crippen molar-refractivity contribution in [1.29, 1.82) is 0 Å². The zero-order valence-corrected chi connectivity index (χ0v) is 9.67. The maximum absolute atomic E-state index is 5.59. The van der Waals surface area contributed by atoms with Gasteiger partial charge in [-0.25, -0.2) is 0 Å². The maximum atomic E-state index is 5.59. The van der Waals surface area contributed by atoms with Crippen LogP contribution in [0.15, 0.2) is 24.3 Å². The molecule has 1 aromatic rings. The summed E-state index contributed by atoms with van der Waals surface area (Å²) in [6, 6.07) is 11.0. The van der Waals surface area contributed by atoms with Gasteiger partial charge in [0.1, 0.15) is 0 Å². The predicted molar refractivity (Wildman–Crippen MR) is 63.7 cm³/mol. The molecule has 1 nitrogen and oxygen atoms in total. The van der Waals surface area contributed by atoms with E-state index < -0.39 is 0 Å². The lowest BCUT2D eigenvalue weighted by molar-refractivity contribution is 0.116. The van der Waals surface area contributed by atoms with Crippen LogP contribution in [-0.4, -0.2) is 6.61 Å². The molecule has 0 bridgehead atoms. The van der Waals surface area contributed by atoms with Crippen LogP contribution in [0.4, 0.5) is 0 Å². The van der Waals surface area contributed by atoms with Crippen molar-refractivity contribution >= 4 is 0 Å². The molecule has 1 aromatic carbocycles. The molecule has 0 saturated carbocycles. The molecular weight excluding hydrogens is 184 g/mol. The van der Waals surface area contributed by atoms with Gasteiger partial charge >= 0.3 is 0 Å². The summed E-state index contributed by atoms with van der Waals surface area (Å²) < 4.78 is 5.59. The molecule has 0 fully saturated rings. The van der Waals surface area contributed by atoms with Gasteiger partial charge in [-0.15, -0.1) is 0 Å². The molecule has 0 N–H and O–H groups in total. The summed E-state index contributed by atoms with van der Waals surface area (Å²) >= 11 is 0. The topological polar surface area (TPSA) is 9.23 Å². The lowest BCUT2D eigenvalue weighted by Gasteiger charge is -2.03. The maximum Gasteiger partial charge on any atom is 0.0716 e. The summed E-state index contributed by atoms with van der Waals surface area (Å²) in [7, 11) is 0. The van der Waals surface area contributed by atoms with E-state index in [-0.39, 0.29) is 0 Å². The summed E-state index contributed by atoms with van der Waals surface area (Å²) in [6.45, 7) is 3.87. The van der Waals surface area contributed by atoms with Crippen LogP contribution >= 0.6 is 0 Å². The molecule has 0 aliphatic carbocycles. The quantitative estimate of drug-likeness (QED) is 0.583. The minimum atomic E-state index is 0.739. The number of ether oxygens (including phenoxy) is 1. The normalized spacial score (nSPS) is 10.5. The molecule has 0 aliphatic heterocycles. The second-order valence-corrected chi connectivity index (χ2v) is 3.88. The van der Waals surface area contributed by atoms with Crippen LogP contribution in [0.3, 0.4) is 0 Å². The second kappa shape index (κ2) is 8.49. The van der Waals surface area contributed by atoms with Crippen LogP contribution < -0.4 is 0 Å². The van der Waals surface area contributed by atoms with Gasteiger partial charge in [0.25, 0.3) is 0 Å². The molecule has 15 heavy (non-hydrogen) atoms. The lowest BCUT2D eigenvalue weighted by Crippen LogP contribution is -1.95. The Balaban J connectivity index is 1.93. The van der Waals surface area contributed by atoms with Crippen molar-refractivity contribution in [2.24, 2.45) is 0 Å². The van der Waals surface area contributed by atoms with Crippen LogP contribution in [0.1, 0.15) is 44.6 Å². The van der Waals surface area contributed by atoms with E-state index in [0.29, 0.717) is 0 Å². The first-order valence-corrected chi connectivity index (χ1v) is 5.96. The van der Waals surface area contributed by atoms with Gasteiger partial charge in [-0.2, -0.15) is 0 Å². The first kappa shape index (κ1) is 12.3. The van der Waals surface area contributed by atoms with Crippen molar-refractivity contribution < 1.29 is 4.74 Å². The molecule has 1 heteroatoms. The zero-order chi connectivity index (χ0) is 10.8. The SMILES string of the molecule is CCCCCCCOCc1cc[c]cc1. The van der Waals surface area contributed by atoms with Gasteiger partial charge in [0.15, 0.2) is 0 Å². The summed E-state index contributed by atoms with van der Waals surface area (Å²) in [5.41, 5.74) is 1.24. The van der Waals surface area contributed by atoms with E-state index in [9.17, 15) is 0 Å². The van der Waals surface area contributed by atoms with E-state index in [0.717, 1.165) is 13.2 Å². The molecule has 0 heterocycles. The average molecular weight is 205 g/mol. The third-order valence-corrected chi connectivity index (χ3v) is 2.45. The number of hydrogen-bond acceptors (Lipinski definition) is 1. The van der Waals surface area contributed by atoms with Crippen molar-refractivity contribution in [3.63, 3.8) is 0 Å². The summed E-state index contributed by atoms with van der Waals surface area (Å²) in [5, 5.41) is 0. The molecular formula is C14H21O. The van der Waals surface area contributed by atoms with Gasteiger partial charge in [0, 0.05) is 6.61 Å². The van der Waals surface area contributed by atoms with E-state index in [2.05, 4.69) is 25.1 Å². The van der Waals surface area contributed by atoms with Gasteiger partial charge in [-0.1, -0.05) is 56.9 Å². The molecule has 0 unspecified atom stereocenters. The number of benzene rings is 1. The molecule has 0 aromatic heterocycles. The van der Waals surface area contributed by atoms with E-state index >= 15 is 0 Å². The first-order chi connectivity index (χ1) is 7.43. The standard InChI is InChI=1S/C14H21O/c1-2-3-4-5-9-12-15-13-14-10-7-6-8-11-14/h7-8,10-11H,2-5,9,12-13H2,1H3. The Hall–Kier alpha value is -0.820. The molecule has 0 amide bonds. The highest BCUT2D eigenvalue weighted by atomic mass is 16.5. The Morgan fingerprint density at radius 1 is 1.07 bits per heavy atom. The molecule has 0 aliphatic rings. The average Bonchev–Trinajstić information content (AvgIpc) is 2.29. The highest BCUT2D eigenvalue weighted by molar-refractivity contribution is 5.12. The van der Waals surface area contributed by atoms with Crippen LogP contribution in [0, 0.1) is 6.07 Å². The Bertz CT molecular complexity index is 230. The van der Waals surface area contributed by atoms with Crippen molar-refractivity contribution in [3.8, 4) is 0 Å². The fourth-order valence-electron chi connectivity index (χ4n) is 1.52. The highest BCUT2D eigenvalue weighted by Crippen LogP contribution is 2.04. The minimum absolute atomic E-state index is 0.739. The van der Waals surface area contributed by atoms with Gasteiger partial charge in [-0.3, -0.25) is 0 Å². The van der Waals surface area contributed by atoms with E-state index in [4.69, 9.17) is 4.74 Å². The molecule has 83 valence electrons. The van der Waals surface area contributed by atoms with Crippen molar-refractivity contribution in [3.05, 3.63) is 35.9 Å². The van der Waals surface area contributed by atoms with Gasteiger partial charge < -0.3 is 4.74 Å². The predicted octanol–water partition coefficient (Wildman–Crippen LogP) is 3.97. The molecule has 1 rings (SSSR count). The van der Waals surface area contributed by atoms with Gasteiger partial charge in [-0.05, 0) is 18.1 Å². The van der Waals surface area contributed by atoms with Crippen molar-refractivity contribution in [1.82, 2.24) is 0 Å². The molecule has 0 atom stereocenters. The third-order valence-electron chi connectivity index (χ3n) is 2.45. The fourth-order valence-corrected chi connectivity index (χ4v) is 1.52. The van der Waals surface area contributed by atoms with E-state index in [1.165, 1.54) is 37.7 Å². The number of hydrogen-bond donors (Lipinski definition) is 0. The summed E-state index contributed by atoms with van der Waals surface area (Å²) in [6.07, 6.45) is 6.51. The summed E-state index contributed by atoms with van der Waals surface area (Å²) in [5.74, 6) is 0. The zero-order valence-electron chi connectivity index (χ0n) is 9.67. The number of rotatable bonds is 8. The largest absolute Gasteiger partial charge is 0.377 e. The fraction of sp³-hybridized carbons (Fsp3) is 0.571. The molecule has 0 spiro atoms. The van der Waals surface area contributed by atoms with Gasteiger partial charge in [0.2, 0.25) is 0 Å².